The SMILES string of the molecule is CCCNc1ncnc(Nc2ccc(C)cc2C)c1CC. The number of benzene rings is 1. The Bertz CT molecular complexity index is 608. The van der Waals surface area contributed by atoms with Gasteiger partial charge in [0.05, 0.1) is 0 Å². The van der Waals surface area contributed by atoms with Gasteiger partial charge in [-0.15, -0.1) is 0 Å². The van der Waals surface area contributed by atoms with Crippen molar-refractivity contribution in [1.29, 1.82) is 0 Å². The van der Waals surface area contributed by atoms with E-state index in [2.05, 4.69) is 66.5 Å². The number of aryl methyl sites for hydroxylation is 2. The van der Waals surface area contributed by atoms with Crippen molar-refractivity contribution in [2.24, 2.45) is 0 Å². The Kier molecular flexibility index (Phi) is 5.14. The molecule has 2 N–H and O–H groups in total. The fourth-order valence-corrected chi connectivity index (χ4v) is 2.33. The van der Waals surface area contributed by atoms with Gasteiger partial charge in [-0.25, -0.2) is 9.97 Å². The zero-order chi connectivity index (χ0) is 15.2. The minimum Gasteiger partial charge on any atom is -0.370 e. The summed E-state index contributed by atoms with van der Waals surface area (Å²) in [7, 11) is 0. The molecule has 2 aromatic rings. The Morgan fingerprint density at radius 3 is 2.48 bits per heavy atom. The molecule has 0 saturated heterocycles. The van der Waals surface area contributed by atoms with E-state index in [1.54, 1.807) is 6.33 Å². The predicted molar refractivity (Wildman–Crippen MR) is 89.4 cm³/mol. The van der Waals surface area contributed by atoms with Gasteiger partial charge in [-0.05, 0) is 38.3 Å². The lowest BCUT2D eigenvalue weighted by molar-refractivity contribution is 0.949. The number of hydrogen-bond donors (Lipinski definition) is 2. The van der Waals surface area contributed by atoms with Crippen LogP contribution in [-0.2, 0) is 6.42 Å². The molecule has 0 amide bonds. The Labute approximate surface area is 127 Å². The maximum absolute atomic E-state index is 4.41. The third kappa shape index (κ3) is 3.72. The molecule has 112 valence electrons. The standard InChI is InChI=1S/C17H24N4/c1-5-9-18-16-14(6-2)17(20-11-19-16)21-15-8-7-12(3)10-13(15)4/h7-8,10-11H,5-6,9H2,1-4H3,(H2,18,19,20,21). The van der Waals surface area contributed by atoms with Gasteiger partial charge in [0.2, 0.25) is 0 Å². The summed E-state index contributed by atoms with van der Waals surface area (Å²) in [4.78, 5) is 8.78. The Morgan fingerprint density at radius 1 is 1.05 bits per heavy atom. The second-order valence-corrected chi connectivity index (χ2v) is 5.27. The number of anilines is 3. The monoisotopic (exact) mass is 284 g/mol. The van der Waals surface area contributed by atoms with Crippen LogP contribution >= 0.6 is 0 Å². The summed E-state index contributed by atoms with van der Waals surface area (Å²) >= 11 is 0. The van der Waals surface area contributed by atoms with Crippen LogP contribution in [0.25, 0.3) is 0 Å². The highest BCUT2D eigenvalue weighted by atomic mass is 15.1. The van der Waals surface area contributed by atoms with Crippen LogP contribution in [-0.4, -0.2) is 16.5 Å². The second-order valence-electron chi connectivity index (χ2n) is 5.27. The zero-order valence-electron chi connectivity index (χ0n) is 13.3. The smallest absolute Gasteiger partial charge is 0.139 e. The van der Waals surface area contributed by atoms with E-state index in [4.69, 9.17) is 0 Å². The first-order valence-electron chi connectivity index (χ1n) is 7.57. The summed E-state index contributed by atoms with van der Waals surface area (Å²) in [5, 5.41) is 6.82. The normalized spacial score (nSPS) is 10.5. The van der Waals surface area contributed by atoms with Gasteiger partial charge >= 0.3 is 0 Å². The number of rotatable bonds is 6. The van der Waals surface area contributed by atoms with Crippen LogP contribution in [0.4, 0.5) is 17.3 Å². The molecule has 1 aromatic carbocycles. The lowest BCUT2D eigenvalue weighted by atomic mass is 10.1. The summed E-state index contributed by atoms with van der Waals surface area (Å²) in [5.74, 6) is 1.82. The molecule has 0 aliphatic carbocycles. The molecule has 21 heavy (non-hydrogen) atoms. The fourth-order valence-electron chi connectivity index (χ4n) is 2.33. The molecule has 0 fully saturated rings. The highest BCUT2D eigenvalue weighted by Crippen LogP contribution is 2.26. The molecule has 1 aromatic heterocycles. The van der Waals surface area contributed by atoms with Crippen molar-refractivity contribution in [3.8, 4) is 0 Å². The van der Waals surface area contributed by atoms with Crippen LogP contribution in [0.1, 0.15) is 37.0 Å². The lowest BCUT2D eigenvalue weighted by Crippen LogP contribution is -2.09. The summed E-state index contributed by atoms with van der Waals surface area (Å²) in [6.45, 7) is 9.41. The molecule has 0 radical (unpaired) electrons. The Balaban J connectivity index is 2.30. The minimum absolute atomic E-state index is 0.887. The molecule has 1 heterocycles. The highest BCUT2D eigenvalue weighted by Gasteiger charge is 2.10. The van der Waals surface area contributed by atoms with Crippen molar-refractivity contribution < 1.29 is 0 Å². The first kappa shape index (κ1) is 15.3. The zero-order valence-corrected chi connectivity index (χ0v) is 13.3. The third-order valence-corrected chi connectivity index (χ3v) is 3.48. The van der Waals surface area contributed by atoms with E-state index in [9.17, 15) is 0 Å². The molecular formula is C17H24N4. The molecule has 4 heteroatoms. The van der Waals surface area contributed by atoms with Crippen molar-refractivity contribution in [2.75, 3.05) is 17.2 Å². The molecule has 0 aliphatic rings. The molecule has 0 aliphatic heterocycles. The average molecular weight is 284 g/mol. The van der Waals surface area contributed by atoms with E-state index < -0.39 is 0 Å². The molecule has 0 spiro atoms. The first-order valence-corrected chi connectivity index (χ1v) is 7.57. The highest BCUT2D eigenvalue weighted by molar-refractivity contribution is 5.67. The molecule has 2 rings (SSSR count). The van der Waals surface area contributed by atoms with Crippen molar-refractivity contribution >= 4 is 17.3 Å². The third-order valence-electron chi connectivity index (χ3n) is 3.48. The summed E-state index contributed by atoms with van der Waals surface area (Å²) in [5.41, 5.74) is 4.71. The molecule has 0 saturated carbocycles. The van der Waals surface area contributed by atoms with E-state index in [0.29, 0.717) is 0 Å². The van der Waals surface area contributed by atoms with Crippen molar-refractivity contribution in [3.05, 3.63) is 41.2 Å². The lowest BCUT2D eigenvalue weighted by Gasteiger charge is -2.15. The average Bonchev–Trinajstić information content (AvgIpc) is 2.48. The van der Waals surface area contributed by atoms with Gasteiger partial charge in [0, 0.05) is 17.8 Å². The van der Waals surface area contributed by atoms with Crippen LogP contribution in [0.2, 0.25) is 0 Å². The largest absolute Gasteiger partial charge is 0.370 e. The van der Waals surface area contributed by atoms with E-state index in [-0.39, 0.29) is 0 Å². The molecular weight excluding hydrogens is 260 g/mol. The summed E-state index contributed by atoms with van der Waals surface area (Å²) in [6.07, 6.45) is 3.58. The quantitative estimate of drug-likeness (QED) is 0.833. The van der Waals surface area contributed by atoms with Crippen LogP contribution < -0.4 is 10.6 Å². The van der Waals surface area contributed by atoms with Crippen molar-refractivity contribution in [1.82, 2.24) is 9.97 Å². The van der Waals surface area contributed by atoms with Crippen LogP contribution in [0.3, 0.4) is 0 Å². The van der Waals surface area contributed by atoms with Gasteiger partial charge < -0.3 is 10.6 Å². The second kappa shape index (κ2) is 7.07. The topological polar surface area (TPSA) is 49.8 Å². The molecule has 0 atom stereocenters. The van der Waals surface area contributed by atoms with E-state index in [1.165, 1.54) is 11.1 Å². The number of nitrogens with one attached hydrogen (secondary N) is 2. The number of nitrogens with zero attached hydrogens (tertiary/aromatic N) is 2. The Morgan fingerprint density at radius 2 is 1.81 bits per heavy atom. The molecule has 4 nitrogen and oxygen atoms in total. The van der Waals surface area contributed by atoms with Gasteiger partial charge in [-0.2, -0.15) is 0 Å². The Hall–Kier alpha value is -2.10. The summed E-state index contributed by atoms with van der Waals surface area (Å²) < 4.78 is 0. The van der Waals surface area contributed by atoms with Crippen molar-refractivity contribution in [2.45, 2.75) is 40.5 Å². The predicted octanol–water partition coefficient (Wildman–Crippen LogP) is 4.22. The van der Waals surface area contributed by atoms with Gasteiger partial charge in [0.1, 0.15) is 18.0 Å². The van der Waals surface area contributed by atoms with Gasteiger partial charge in [0.25, 0.3) is 0 Å². The maximum atomic E-state index is 4.41. The summed E-state index contributed by atoms with van der Waals surface area (Å²) in [6, 6.07) is 6.38. The fraction of sp³-hybridized carbons (Fsp3) is 0.412. The van der Waals surface area contributed by atoms with E-state index in [0.717, 1.165) is 42.3 Å². The minimum atomic E-state index is 0.887. The van der Waals surface area contributed by atoms with Gasteiger partial charge in [-0.3, -0.25) is 0 Å². The molecule has 0 unspecified atom stereocenters. The number of aromatic nitrogens is 2. The first-order chi connectivity index (χ1) is 10.2. The van der Waals surface area contributed by atoms with Gasteiger partial charge in [0.15, 0.2) is 0 Å². The molecule has 0 bridgehead atoms. The number of hydrogen-bond acceptors (Lipinski definition) is 4. The van der Waals surface area contributed by atoms with Crippen LogP contribution in [0.15, 0.2) is 24.5 Å². The van der Waals surface area contributed by atoms with Gasteiger partial charge in [-0.1, -0.05) is 31.5 Å². The van der Waals surface area contributed by atoms with Crippen LogP contribution in [0, 0.1) is 13.8 Å². The maximum Gasteiger partial charge on any atom is 0.139 e. The van der Waals surface area contributed by atoms with Crippen LogP contribution in [0.5, 0.6) is 0 Å². The van der Waals surface area contributed by atoms with E-state index in [1.807, 2.05) is 0 Å². The van der Waals surface area contributed by atoms with E-state index >= 15 is 0 Å². The van der Waals surface area contributed by atoms with Crippen molar-refractivity contribution in [3.63, 3.8) is 0 Å².